The van der Waals surface area contributed by atoms with Crippen LogP contribution in [0.5, 0.6) is 0 Å². The summed E-state index contributed by atoms with van der Waals surface area (Å²) in [6.07, 6.45) is 1.55. The molecule has 0 radical (unpaired) electrons. The second-order valence-corrected chi connectivity index (χ2v) is 4.66. The first kappa shape index (κ1) is 11.5. The largest absolute Gasteiger partial charge is 0.384 e. The van der Waals surface area contributed by atoms with Crippen LogP contribution in [-0.4, -0.2) is 32.7 Å². The lowest BCUT2D eigenvalue weighted by molar-refractivity contribution is 0.151. The van der Waals surface area contributed by atoms with Crippen LogP contribution in [0.4, 0.5) is 0 Å². The third-order valence-corrected chi connectivity index (χ3v) is 3.07. The Balaban J connectivity index is 2.16. The molecule has 2 rings (SSSR count). The topological polar surface area (TPSA) is 62.4 Å². The number of likely N-dealkylation sites (tertiary alicyclic amines) is 1. The normalized spacial score (nSPS) is 24.2. The van der Waals surface area contributed by atoms with Crippen LogP contribution in [0.15, 0.2) is 4.52 Å². The Bertz CT molecular complexity index is 349. The van der Waals surface area contributed by atoms with E-state index in [9.17, 15) is 5.11 Å². The summed E-state index contributed by atoms with van der Waals surface area (Å²) in [6.45, 7) is 7.06. The molecule has 0 spiro atoms. The predicted octanol–water partition coefficient (Wildman–Crippen LogP) is 1.67. The molecule has 0 bridgehead atoms. The van der Waals surface area contributed by atoms with Gasteiger partial charge in [-0.15, -0.1) is 0 Å². The summed E-state index contributed by atoms with van der Waals surface area (Å²) in [5.74, 6) is 1.02. The maximum atomic E-state index is 9.35. The van der Waals surface area contributed by atoms with Crippen molar-refractivity contribution < 1.29 is 9.63 Å². The van der Waals surface area contributed by atoms with Crippen LogP contribution in [0.3, 0.4) is 0 Å². The van der Waals surface area contributed by atoms with Gasteiger partial charge in [0.2, 0.25) is 0 Å². The van der Waals surface area contributed by atoms with Gasteiger partial charge in [0.1, 0.15) is 6.10 Å². The number of hydrogen-bond donors (Lipinski definition) is 1. The average Bonchev–Trinajstić information content (AvgIpc) is 2.86. The standard InChI is InChI=1S/C11H19N3O2/c1-7(2)14-6-4-5-9(14)10-12-11(8(3)15)16-13-10/h7-9,15H,4-6H2,1-3H3. The Labute approximate surface area is 95.4 Å². The van der Waals surface area contributed by atoms with Gasteiger partial charge in [0.05, 0.1) is 6.04 Å². The molecule has 16 heavy (non-hydrogen) atoms. The van der Waals surface area contributed by atoms with Gasteiger partial charge in [0.15, 0.2) is 5.82 Å². The molecule has 1 aromatic heterocycles. The number of aliphatic hydroxyl groups excluding tert-OH is 1. The highest BCUT2D eigenvalue weighted by atomic mass is 16.5. The molecule has 90 valence electrons. The molecule has 1 aromatic rings. The summed E-state index contributed by atoms with van der Waals surface area (Å²) in [7, 11) is 0. The first-order valence-corrected chi connectivity index (χ1v) is 5.87. The molecule has 1 fully saturated rings. The summed E-state index contributed by atoms with van der Waals surface area (Å²) in [6, 6.07) is 0.734. The number of nitrogens with zero attached hydrogens (tertiary/aromatic N) is 3. The molecule has 0 saturated carbocycles. The molecule has 2 unspecified atom stereocenters. The fourth-order valence-electron chi connectivity index (χ4n) is 2.24. The minimum Gasteiger partial charge on any atom is -0.384 e. The molecule has 1 aliphatic heterocycles. The van der Waals surface area contributed by atoms with Crippen LogP contribution in [0.1, 0.15) is 57.5 Å². The molecule has 5 nitrogen and oxygen atoms in total. The number of rotatable bonds is 3. The van der Waals surface area contributed by atoms with Crippen molar-refractivity contribution in [3.63, 3.8) is 0 Å². The Kier molecular flexibility index (Phi) is 3.25. The van der Waals surface area contributed by atoms with Crippen molar-refractivity contribution in [2.75, 3.05) is 6.54 Å². The zero-order valence-corrected chi connectivity index (χ0v) is 10.1. The Morgan fingerprint density at radius 2 is 2.19 bits per heavy atom. The Morgan fingerprint density at radius 3 is 2.75 bits per heavy atom. The first-order chi connectivity index (χ1) is 7.59. The quantitative estimate of drug-likeness (QED) is 0.847. The zero-order chi connectivity index (χ0) is 11.7. The van der Waals surface area contributed by atoms with E-state index in [1.54, 1.807) is 6.92 Å². The van der Waals surface area contributed by atoms with Gasteiger partial charge < -0.3 is 9.63 Å². The first-order valence-electron chi connectivity index (χ1n) is 5.87. The van der Waals surface area contributed by atoms with E-state index < -0.39 is 6.10 Å². The molecule has 1 aliphatic rings. The SMILES string of the molecule is CC(O)c1nc(C2CCCN2C(C)C)no1. The van der Waals surface area contributed by atoms with E-state index in [1.807, 2.05) is 0 Å². The Morgan fingerprint density at radius 1 is 1.44 bits per heavy atom. The summed E-state index contributed by atoms with van der Waals surface area (Å²) in [5.41, 5.74) is 0. The van der Waals surface area contributed by atoms with Crippen LogP contribution in [-0.2, 0) is 0 Å². The average molecular weight is 225 g/mol. The van der Waals surface area contributed by atoms with Crippen LogP contribution < -0.4 is 0 Å². The lowest BCUT2D eigenvalue weighted by Crippen LogP contribution is -2.30. The van der Waals surface area contributed by atoms with E-state index in [-0.39, 0.29) is 6.04 Å². The number of aliphatic hydroxyl groups is 1. The second-order valence-electron chi connectivity index (χ2n) is 4.66. The van der Waals surface area contributed by atoms with Crippen molar-refractivity contribution in [3.8, 4) is 0 Å². The third kappa shape index (κ3) is 2.10. The van der Waals surface area contributed by atoms with E-state index in [0.29, 0.717) is 17.8 Å². The number of hydrogen-bond acceptors (Lipinski definition) is 5. The fourth-order valence-corrected chi connectivity index (χ4v) is 2.24. The van der Waals surface area contributed by atoms with Gasteiger partial charge in [0, 0.05) is 6.04 Å². The number of aromatic nitrogens is 2. The maximum absolute atomic E-state index is 9.35. The summed E-state index contributed by atoms with van der Waals surface area (Å²) < 4.78 is 5.03. The second kappa shape index (κ2) is 4.51. The van der Waals surface area contributed by atoms with Crippen LogP contribution >= 0.6 is 0 Å². The van der Waals surface area contributed by atoms with Gasteiger partial charge in [-0.1, -0.05) is 5.16 Å². The summed E-state index contributed by atoms with van der Waals surface area (Å²) in [4.78, 5) is 6.63. The van der Waals surface area contributed by atoms with E-state index in [2.05, 4.69) is 28.9 Å². The minimum absolute atomic E-state index is 0.247. The maximum Gasteiger partial charge on any atom is 0.255 e. The zero-order valence-electron chi connectivity index (χ0n) is 10.1. The van der Waals surface area contributed by atoms with Crippen molar-refractivity contribution in [2.24, 2.45) is 0 Å². The smallest absolute Gasteiger partial charge is 0.255 e. The van der Waals surface area contributed by atoms with Gasteiger partial charge in [-0.3, -0.25) is 4.90 Å². The molecule has 0 amide bonds. The van der Waals surface area contributed by atoms with E-state index in [4.69, 9.17) is 4.52 Å². The molecular weight excluding hydrogens is 206 g/mol. The highest BCUT2D eigenvalue weighted by Crippen LogP contribution is 2.32. The third-order valence-electron chi connectivity index (χ3n) is 3.07. The lowest BCUT2D eigenvalue weighted by atomic mass is 10.2. The molecule has 0 aliphatic carbocycles. The van der Waals surface area contributed by atoms with Gasteiger partial charge in [0.25, 0.3) is 5.89 Å². The van der Waals surface area contributed by atoms with Crippen molar-refractivity contribution in [3.05, 3.63) is 11.7 Å². The predicted molar refractivity (Wildman–Crippen MR) is 58.7 cm³/mol. The molecule has 2 heterocycles. The minimum atomic E-state index is -0.685. The van der Waals surface area contributed by atoms with E-state index >= 15 is 0 Å². The lowest BCUT2D eigenvalue weighted by Gasteiger charge is -2.25. The Hall–Kier alpha value is -0.940. The van der Waals surface area contributed by atoms with Crippen molar-refractivity contribution >= 4 is 0 Å². The van der Waals surface area contributed by atoms with E-state index in [1.165, 1.54) is 6.42 Å². The van der Waals surface area contributed by atoms with Gasteiger partial charge >= 0.3 is 0 Å². The van der Waals surface area contributed by atoms with Crippen molar-refractivity contribution in [2.45, 2.75) is 51.8 Å². The highest BCUT2D eigenvalue weighted by molar-refractivity contribution is 4.99. The molecule has 1 N–H and O–H groups in total. The van der Waals surface area contributed by atoms with Gasteiger partial charge in [-0.25, -0.2) is 0 Å². The molecule has 5 heteroatoms. The van der Waals surface area contributed by atoms with Crippen LogP contribution in [0, 0.1) is 0 Å². The molecule has 1 saturated heterocycles. The fraction of sp³-hybridized carbons (Fsp3) is 0.818. The molecule has 0 aromatic carbocycles. The van der Waals surface area contributed by atoms with Crippen LogP contribution in [0.2, 0.25) is 0 Å². The summed E-state index contributed by atoms with van der Waals surface area (Å²) in [5, 5.41) is 13.3. The van der Waals surface area contributed by atoms with Crippen LogP contribution in [0.25, 0.3) is 0 Å². The van der Waals surface area contributed by atoms with Crippen molar-refractivity contribution in [1.29, 1.82) is 0 Å². The van der Waals surface area contributed by atoms with Gasteiger partial charge in [-0.2, -0.15) is 4.98 Å². The molecular formula is C11H19N3O2. The van der Waals surface area contributed by atoms with E-state index in [0.717, 1.165) is 13.0 Å². The van der Waals surface area contributed by atoms with Crippen molar-refractivity contribution in [1.82, 2.24) is 15.0 Å². The monoisotopic (exact) mass is 225 g/mol. The highest BCUT2D eigenvalue weighted by Gasteiger charge is 2.31. The summed E-state index contributed by atoms with van der Waals surface area (Å²) >= 11 is 0. The van der Waals surface area contributed by atoms with Gasteiger partial charge in [-0.05, 0) is 40.2 Å². The molecule has 2 atom stereocenters.